The van der Waals surface area contributed by atoms with Crippen LogP contribution in [0.25, 0.3) is 0 Å². The Bertz CT molecular complexity index is 764. The van der Waals surface area contributed by atoms with Gasteiger partial charge in [0.15, 0.2) is 6.10 Å². The molecule has 0 unspecified atom stereocenters. The second-order valence-electron chi connectivity index (χ2n) is 5.85. The third-order valence-corrected chi connectivity index (χ3v) is 4.75. The highest BCUT2D eigenvalue weighted by Crippen LogP contribution is 2.26. The van der Waals surface area contributed by atoms with Crippen molar-refractivity contribution >= 4 is 29.3 Å². The van der Waals surface area contributed by atoms with Crippen molar-refractivity contribution in [1.29, 1.82) is 0 Å². The van der Waals surface area contributed by atoms with Crippen LogP contribution in [0.5, 0.6) is 5.75 Å². The molecule has 5 nitrogen and oxygen atoms in total. The maximum atomic E-state index is 12.4. The van der Waals surface area contributed by atoms with Gasteiger partial charge in [-0.25, -0.2) is 0 Å². The van der Waals surface area contributed by atoms with Crippen molar-refractivity contribution in [2.75, 3.05) is 12.4 Å². The number of methoxy groups -OCH3 is 1. The van der Waals surface area contributed by atoms with E-state index in [2.05, 4.69) is 5.32 Å². The van der Waals surface area contributed by atoms with Crippen molar-refractivity contribution in [3.63, 3.8) is 0 Å². The highest BCUT2D eigenvalue weighted by molar-refractivity contribution is 8.00. The molecular weight excluding hydrogens is 350 g/mol. The van der Waals surface area contributed by atoms with Crippen LogP contribution in [0, 0.1) is 6.92 Å². The summed E-state index contributed by atoms with van der Waals surface area (Å²) < 4.78 is 10.6. The summed E-state index contributed by atoms with van der Waals surface area (Å²) in [6, 6.07) is 15.1. The Morgan fingerprint density at radius 1 is 1.08 bits per heavy atom. The molecule has 0 saturated carbocycles. The molecule has 0 bridgehead atoms. The number of thioether (sulfide) groups is 1. The predicted octanol–water partition coefficient (Wildman–Crippen LogP) is 4.05. The zero-order valence-electron chi connectivity index (χ0n) is 15.3. The number of hydrogen-bond donors (Lipinski definition) is 1. The normalized spacial score (nSPS) is 12.8. The summed E-state index contributed by atoms with van der Waals surface area (Å²) in [5, 5.41) is 2.33. The first-order valence-corrected chi connectivity index (χ1v) is 9.16. The van der Waals surface area contributed by atoms with Gasteiger partial charge < -0.3 is 14.8 Å². The van der Waals surface area contributed by atoms with E-state index >= 15 is 0 Å². The summed E-state index contributed by atoms with van der Waals surface area (Å²) in [6.45, 7) is 5.23. The monoisotopic (exact) mass is 373 g/mol. The van der Waals surface area contributed by atoms with Crippen molar-refractivity contribution in [2.45, 2.75) is 37.0 Å². The van der Waals surface area contributed by atoms with Crippen LogP contribution in [0.3, 0.4) is 0 Å². The Morgan fingerprint density at radius 2 is 1.77 bits per heavy atom. The van der Waals surface area contributed by atoms with Crippen LogP contribution in [0.4, 0.5) is 5.69 Å². The molecule has 0 spiro atoms. The van der Waals surface area contributed by atoms with Crippen molar-refractivity contribution < 1.29 is 19.1 Å². The van der Waals surface area contributed by atoms with E-state index in [0.29, 0.717) is 11.4 Å². The van der Waals surface area contributed by atoms with E-state index in [1.54, 1.807) is 26.0 Å². The average Bonchev–Trinajstić information content (AvgIpc) is 2.62. The maximum absolute atomic E-state index is 12.4. The van der Waals surface area contributed by atoms with Crippen LogP contribution >= 0.6 is 11.8 Å². The molecule has 138 valence electrons. The summed E-state index contributed by atoms with van der Waals surface area (Å²) in [5.74, 6) is -0.285. The van der Waals surface area contributed by atoms with Gasteiger partial charge in [0.25, 0.3) is 5.91 Å². The van der Waals surface area contributed by atoms with Gasteiger partial charge in [-0.3, -0.25) is 9.59 Å². The van der Waals surface area contributed by atoms with Crippen LogP contribution in [-0.2, 0) is 14.3 Å². The number of hydrogen-bond acceptors (Lipinski definition) is 5. The fourth-order valence-corrected chi connectivity index (χ4v) is 3.10. The smallest absolute Gasteiger partial charge is 0.319 e. The number of esters is 1. The highest BCUT2D eigenvalue weighted by atomic mass is 32.2. The second kappa shape index (κ2) is 9.29. The first kappa shape index (κ1) is 19.8. The quantitative estimate of drug-likeness (QED) is 0.586. The predicted molar refractivity (Wildman–Crippen MR) is 104 cm³/mol. The Labute approximate surface area is 158 Å². The maximum Gasteiger partial charge on any atom is 0.319 e. The van der Waals surface area contributed by atoms with Crippen molar-refractivity contribution in [2.24, 2.45) is 0 Å². The van der Waals surface area contributed by atoms with E-state index in [-0.39, 0.29) is 0 Å². The Balaban J connectivity index is 1.94. The van der Waals surface area contributed by atoms with E-state index in [4.69, 9.17) is 9.47 Å². The molecular formula is C20H23NO4S. The molecule has 0 saturated heterocycles. The number of carbonyl (C=O) groups is 2. The molecule has 0 aromatic heterocycles. The number of rotatable bonds is 7. The van der Waals surface area contributed by atoms with Gasteiger partial charge in [-0.2, -0.15) is 0 Å². The number of ether oxygens (including phenoxy) is 2. The zero-order valence-corrected chi connectivity index (χ0v) is 16.1. The number of aryl methyl sites for hydroxylation is 1. The number of anilines is 1. The molecule has 0 radical (unpaired) electrons. The summed E-state index contributed by atoms with van der Waals surface area (Å²) in [6.07, 6.45) is -0.911. The van der Waals surface area contributed by atoms with Gasteiger partial charge in [0, 0.05) is 4.90 Å². The van der Waals surface area contributed by atoms with E-state index < -0.39 is 23.2 Å². The summed E-state index contributed by atoms with van der Waals surface area (Å²) in [5.41, 5.74) is 1.53. The van der Waals surface area contributed by atoms with E-state index in [9.17, 15) is 9.59 Å². The Kier molecular flexibility index (Phi) is 7.09. The van der Waals surface area contributed by atoms with E-state index in [1.165, 1.54) is 18.9 Å². The lowest BCUT2D eigenvalue weighted by Gasteiger charge is -2.17. The van der Waals surface area contributed by atoms with Gasteiger partial charge in [0.2, 0.25) is 0 Å². The lowest BCUT2D eigenvalue weighted by Crippen LogP contribution is -2.32. The minimum Gasteiger partial charge on any atom is -0.495 e. The van der Waals surface area contributed by atoms with Gasteiger partial charge in [-0.05, 0) is 50.6 Å². The molecule has 2 aromatic rings. The van der Waals surface area contributed by atoms with Crippen LogP contribution in [0.1, 0.15) is 19.4 Å². The number of carbonyl (C=O) groups excluding carboxylic acids is 2. The molecule has 2 aromatic carbocycles. The molecule has 6 heteroatoms. The number of nitrogens with one attached hydrogen (secondary N) is 1. The zero-order chi connectivity index (χ0) is 19.1. The second-order valence-corrected chi connectivity index (χ2v) is 7.26. The minimum absolute atomic E-state index is 0.404. The third-order valence-electron chi connectivity index (χ3n) is 3.66. The lowest BCUT2D eigenvalue weighted by molar-refractivity contribution is -0.152. The molecule has 1 N–H and O–H groups in total. The average molecular weight is 373 g/mol. The molecule has 0 heterocycles. The minimum atomic E-state index is -0.911. The summed E-state index contributed by atoms with van der Waals surface area (Å²) >= 11 is 1.39. The van der Waals surface area contributed by atoms with E-state index in [0.717, 1.165) is 10.5 Å². The largest absolute Gasteiger partial charge is 0.495 e. The van der Waals surface area contributed by atoms with Gasteiger partial charge in [-0.1, -0.05) is 24.3 Å². The van der Waals surface area contributed by atoms with Crippen LogP contribution < -0.4 is 10.1 Å². The first-order valence-electron chi connectivity index (χ1n) is 8.28. The topological polar surface area (TPSA) is 64.6 Å². The number of amides is 1. The summed E-state index contributed by atoms with van der Waals surface area (Å²) in [4.78, 5) is 25.6. The standard InChI is InChI=1S/C20H23NO4S/c1-13-10-11-18(24-4)17(12-13)21-19(22)14(2)25-20(23)15(3)26-16-8-6-5-7-9-16/h5-12,14-15H,1-4H3,(H,21,22)/t14-,15-/m0/s1. The highest BCUT2D eigenvalue weighted by Gasteiger charge is 2.23. The molecule has 1 amide bonds. The van der Waals surface area contributed by atoms with Crippen molar-refractivity contribution in [1.82, 2.24) is 0 Å². The van der Waals surface area contributed by atoms with Gasteiger partial charge in [0.1, 0.15) is 11.0 Å². The molecule has 0 fully saturated rings. The molecule has 0 aliphatic heterocycles. The lowest BCUT2D eigenvalue weighted by atomic mass is 10.2. The van der Waals surface area contributed by atoms with Gasteiger partial charge in [-0.15, -0.1) is 11.8 Å². The van der Waals surface area contributed by atoms with Crippen LogP contribution in [0.15, 0.2) is 53.4 Å². The third kappa shape index (κ3) is 5.52. The fraction of sp³-hybridized carbons (Fsp3) is 0.300. The van der Waals surface area contributed by atoms with Gasteiger partial charge in [0.05, 0.1) is 12.8 Å². The SMILES string of the molecule is COc1ccc(C)cc1NC(=O)[C@H](C)OC(=O)[C@H](C)Sc1ccccc1. The van der Waals surface area contributed by atoms with Crippen LogP contribution in [-0.4, -0.2) is 30.3 Å². The molecule has 2 atom stereocenters. The van der Waals surface area contributed by atoms with Gasteiger partial charge >= 0.3 is 5.97 Å². The van der Waals surface area contributed by atoms with Crippen LogP contribution in [0.2, 0.25) is 0 Å². The Morgan fingerprint density at radius 3 is 2.42 bits per heavy atom. The molecule has 0 aliphatic rings. The molecule has 26 heavy (non-hydrogen) atoms. The molecule has 2 rings (SSSR count). The van der Waals surface area contributed by atoms with Crippen molar-refractivity contribution in [3.05, 3.63) is 54.1 Å². The van der Waals surface area contributed by atoms with Crippen molar-refractivity contribution in [3.8, 4) is 5.75 Å². The summed E-state index contributed by atoms with van der Waals surface area (Å²) in [7, 11) is 1.53. The fourth-order valence-electron chi connectivity index (χ4n) is 2.23. The first-order chi connectivity index (χ1) is 12.4. The molecule has 0 aliphatic carbocycles. The van der Waals surface area contributed by atoms with E-state index in [1.807, 2.05) is 43.3 Å². The Hall–Kier alpha value is -2.47. The number of benzene rings is 2.